The Bertz CT molecular complexity index is 1060. The van der Waals surface area contributed by atoms with Crippen LogP contribution in [0.15, 0.2) is 103 Å². The van der Waals surface area contributed by atoms with Gasteiger partial charge in [0.25, 0.3) is 0 Å². The van der Waals surface area contributed by atoms with E-state index in [0.717, 1.165) is 6.42 Å². The van der Waals surface area contributed by atoms with E-state index in [1.165, 1.54) is 33.0 Å². The first-order valence-electron chi connectivity index (χ1n) is 9.29. The zero-order valence-corrected chi connectivity index (χ0v) is 18.5. The van der Waals surface area contributed by atoms with Crippen molar-refractivity contribution < 1.29 is 0 Å². The van der Waals surface area contributed by atoms with Crippen LogP contribution in [0.1, 0.15) is 11.1 Å². The molecule has 0 atom stereocenters. The number of hydrogen-bond acceptors (Lipinski definition) is 0. The van der Waals surface area contributed by atoms with Crippen LogP contribution in [0, 0.1) is 0 Å². The third-order valence-electron chi connectivity index (χ3n) is 5.57. The molecule has 27 heavy (non-hydrogen) atoms. The number of hydrogen-bond donors (Lipinski definition) is 0. The molecule has 1 aliphatic rings. The molecule has 0 spiro atoms. The first-order valence-corrected chi connectivity index (χ1v) is 17.2. The summed E-state index contributed by atoms with van der Waals surface area (Å²) in [6.45, 7) is 0. The van der Waals surface area contributed by atoms with Crippen molar-refractivity contribution in [3.05, 3.63) is 114 Å². The zero-order chi connectivity index (χ0) is 18.3. The van der Waals surface area contributed by atoms with E-state index in [0.29, 0.717) is 0 Å². The standard InChI is InChI=1S/C13H9.2C6H5.ClH.Sn/c1-3-7-12-10(5-1)9-11-6-2-4-8-13(11)12;2*1-2-4-6-5-3-1;;/h1-5,7-8H,9H2;2*1-5H;1H;/q;;;;+1/p-1. The van der Waals surface area contributed by atoms with Gasteiger partial charge in [0.05, 0.1) is 0 Å². The maximum absolute atomic E-state index is 7.75. The van der Waals surface area contributed by atoms with Gasteiger partial charge in [0.15, 0.2) is 0 Å². The molecule has 0 amide bonds. The van der Waals surface area contributed by atoms with Gasteiger partial charge in [0, 0.05) is 0 Å². The van der Waals surface area contributed by atoms with E-state index in [4.69, 9.17) is 8.92 Å². The summed E-state index contributed by atoms with van der Waals surface area (Å²) in [4.78, 5) is 0. The molecule has 130 valence electrons. The molecule has 0 aromatic heterocycles. The Hall–Kier alpha value is -2.03. The molecule has 2 heteroatoms. The maximum atomic E-state index is 7.75. The molecule has 0 radical (unpaired) electrons. The van der Waals surface area contributed by atoms with Crippen LogP contribution in [0.3, 0.4) is 0 Å². The Kier molecular flexibility index (Phi) is 4.34. The summed E-state index contributed by atoms with van der Waals surface area (Å²) in [5.41, 5.74) is 5.56. The molecule has 0 nitrogen and oxygen atoms in total. The van der Waals surface area contributed by atoms with Crippen molar-refractivity contribution in [3.63, 3.8) is 0 Å². The summed E-state index contributed by atoms with van der Waals surface area (Å²) < 4.78 is 4.00. The average Bonchev–Trinajstić information content (AvgIpc) is 3.13. The number of fused-ring (bicyclic) bond motifs is 3. The monoisotopic (exact) mass is 474 g/mol. The van der Waals surface area contributed by atoms with Crippen molar-refractivity contribution in [1.29, 1.82) is 0 Å². The second kappa shape index (κ2) is 6.85. The topological polar surface area (TPSA) is 0 Å². The van der Waals surface area contributed by atoms with E-state index < -0.39 is 17.3 Å². The van der Waals surface area contributed by atoms with Crippen molar-refractivity contribution in [1.82, 2.24) is 0 Å². The van der Waals surface area contributed by atoms with Gasteiger partial charge in [-0.3, -0.25) is 0 Å². The Morgan fingerprint density at radius 1 is 0.556 bits per heavy atom. The van der Waals surface area contributed by atoms with Crippen molar-refractivity contribution in [2.45, 2.75) is 6.42 Å². The molecule has 0 N–H and O–H groups in total. The van der Waals surface area contributed by atoms with Crippen LogP contribution in [-0.4, -0.2) is 17.3 Å². The second-order valence-corrected chi connectivity index (χ2v) is 19.5. The predicted molar refractivity (Wildman–Crippen MR) is 118 cm³/mol. The van der Waals surface area contributed by atoms with Crippen molar-refractivity contribution >= 4 is 36.9 Å². The summed E-state index contributed by atoms with van der Waals surface area (Å²) >= 11 is -3.57. The Morgan fingerprint density at radius 2 is 1.11 bits per heavy atom. The summed E-state index contributed by atoms with van der Waals surface area (Å²) in [5.74, 6) is 0. The molecule has 1 aliphatic carbocycles. The Labute approximate surface area is 168 Å². The molecule has 0 saturated carbocycles. The van der Waals surface area contributed by atoms with Gasteiger partial charge in [-0.05, 0) is 0 Å². The van der Waals surface area contributed by atoms with Gasteiger partial charge in [0.1, 0.15) is 0 Å². The third-order valence-corrected chi connectivity index (χ3v) is 19.8. The van der Waals surface area contributed by atoms with Gasteiger partial charge in [-0.25, -0.2) is 0 Å². The van der Waals surface area contributed by atoms with E-state index in [1.807, 2.05) is 0 Å². The minimum atomic E-state index is -3.57. The summed E-state index contributed by atoms with van der Waals surface area (Å²) in [6.07, 6.45) is 0.979. The molecular weight excluding hydrogens is 454 g/mol. The SMILES string of the molecule is [Cl][Sn]([c]1ccccc1)([c]1ccccc1)[c]1cccc2c1Cc1ccccc1-2. The van der Waals surface area contributed by atoms with Crippen LogP contribution in [0.5, 0.6) is 0 Å². The van der Waals surface area contributed by atoms with Gasteiger partial charge in [0.2, 0.25) is 0 Å². The summed E-state index contributed by atoms with van der Waals surface area (Å²) in [6, 6.07) is 37.0. The van der Waals surface area contributed by atoms with Crippen LogP contribution >= 0.6 is 8.92 Å². The minimum absolute atomic E-state index is 0.979. The number of halogens is 1. The molecule has 0 bridgehead atoms. The molecule has 5 rings (SSSR count). The van der Waals surface area contributed by atoms with Crippen molar-refractivity contribution in [2.24, 2.45) is 0 Å². The van der Waals surface area contributed by atoms with Gasteiger partial charge in [-0.1, -0.05) is 0 Å². The molecule has 0 unspecified atom stereocenters. The normalized spacial score (nSPS) is 12.5. The van der Waals surface area contributed by atoms with Gasteiger partial charge in [-0.15, -0.1) is 0 Å². The fourth-order valence-corrected chi connectivity index (χ4v) is 16.4. The molecular formula is C25H19ClSn. The van der Waals surface area contributed by atoms with Crippen LogP contribution in [0.4, 0.5) is 0 Å². The third kappa shape index (κ3) is 2.74. The van der Waals surface area contributed by atoms with Gasteiger partial charge >= 0.3 is 169 Å². The molecule has 0 fully saturated rings. The van der Waals surface area contributed by atoms with Gasteiger partial charge in [-0.2, -0.15) is 0 Å². The Balaban J connectivity index is 1.79. The average molecular weight is 474 g/mol. The van der Waals surface area contributed by atoms with E-state index in [9.17, 15) is 0 Å². The van der Waals surface area contributed by atoms with Crippen molar-refractivity contribution in [2.75, 3.05) is 0 Å². The molecule has 0 aliphatic heterocycles. The zero-order valence-electron chi connectivity index (χ0n) is 14.9. The van der Waals surface area contributed by atoms with Crippen LogP contribution in [0.25, 0.3) is 11.1 Å². The van der Waals surface area contributed by atoms with Crippen LogP contribution < -0.4 is 10.7 Å². The first-order chi connectivity index (χ1) is 13.3. The van der Waals surface area contributed by atoms with E-state index in [2.05, 4.69) is 103 Å². The summed E-state index contributed by atoms with van der Waals surface area (Å²) in [5, 5.41) is 0. The van der Waals surface area contributed by atoms with E-state index in [1.54, 1.807) is 0 Å². The van der Waals surface area contributed by atoms with Gasteiger partial charge < -0.3 is 0 Å². The summed E-state index contributed by atoms with van der Waals surface area (Å²) in [7, 11) is 7.75. The molecule has 4 aromatic carbocycles. The van der Waals surface area contributed by atoms with Crippen molar-refractivity contribution in [3.8, 4) is 11.1 Å². The molecule has 4 aromatic rings. The van der Waals surface area contributed by atoms with E-state index >= 15 is 0 Å². The predicted octanol–water partition coefficient (Wildman–Crippen LogP) is 4.46. The van der Waals surface area contributed by atoms with Crippen LogP contribution in [0.2, 0.25) is 0 Å². The quantitative estimate of drug-likeness (QED) is 0.340. The fourth-order valence-electron chi connectivity index (χ4n) is 4.29. The van der Waals surface area contributed by atoms with Crippen LogP contribution in [-0.2, 0) is 6.42 Å². The number of rotatable bonds is 3. The molecule has 0 saturated heterocycles. The first kappa shape index (κ1) is 17.1. The molecule has 0 heterocycles. The number of benzene rings is 4. The fraction of sp³-hybridized carbons (Fsp3) is 0.0400. The Morgan fingerprint density at radius 3 is 1.78 bits per heavy atom. The second-order valence-electron chi connectivity index (χ2n) is 7.06. The van der Waals surface area contributed by atoms with E-state index in [-0.39, 0.29) is 0 Å².